The van der Waals surface area contributed by atoms with Crippen molar-refractivity contribution in [2.24, 2.45) is 0 Å². The molecule has 4 rings (SSSR count). The molecule has 0 unspecified atom stereocenters. The number of anilines is 1. The molecule has 3 nitrogen and oxygen atoms in total. The zero-order chi connectivity index (χ0) is 15.1. The van der Waals surface area contributed by atoms with Crippen LogP contribution >= 0.6 is 0 Å². The summed E-state index contributed by atoms with van der Waals surface area (Å²) in [7, 11) is 0. The number of benzene rings is 3. The number of hydrogen-bond donors (Lipinski definition) is 1. The molecule has 0 aliphatic rings. The molecule has 0 saturated carbocycles. The van der Waals surface area contributed by atoms with Crippen molar-refractivity contribution in [3.05, 3.63) is 77.0 Å². The number of hydrogen-bond acceptors (Lipinski definition) is 3. The molecule has 3 aromatic carbocycles. The molecule has 0 saturated heterocycles. The Hall–Kier alpha value is -3.07. The van der Waals surface area contributed by atoms with E-state index in [9.17, 15) is 4.79 Å². The Morgan fingerprint density at radius 1 is 0.773 bits per heavy atom. The summed E-state index contributed by atoms with van der Waals surface area (Å²) in [6, 6.07) is 20.9. The number of nitrogens with two attached hydrogens (primary N) is 1. The second kappa shape index (κ2) is 4.74. The molecule has 0 bridgehead atoms. The van der Waals surface area contributed by atoms with Crippen LogP contribution in [0.3, 0.4) is 0 Å². The zero-order valence-corrected chi connectivity index (χ0v) is 11.7. The second-order valence-corrected chi connectivity index (χ2v) is 5.19. The third-order valence-electron chi connectivity index (χ3n) is 3.88. The van der Waals surface area contributed by atoms with Crippen LogP contribution in [0.5, 0.6) is 0 Å². The second-order valence-electron chi connectivity index (χ2n) is 5.19. The van der Waals surface area contributed by atoms with E-state index in [0.29, 0.717) is 16.5 Å². The van der Waals surface area contributed by atoms with Crippen molar-refractivity contribution in [2.75, 3.05) is 5.73 Å². The van der Waals surface area contributed by atoms with Crippen LogP contribution in [0.15, 0.2) is 75.9 Å². The van der Waals surface area contributed by atoms with E-state index in [0.717, 1.165) is 16.3 Å². The number of fused-ring (bicyclic) bond motifs is 2. The van der Waals surface area contributed by atoms with E-state index in [1.54, 1.807) is 12.1 Å². The van der Waals surface area contributed by atoms with E-state index in [1.807, 2.05) is 54.6 Å². The monoisotopic (exact) mass is 287 g/mol. The molecule has 22 heavy (non-hydrogen) atoms. The lowest BCUT2D eigenvalue weighted by molar-refractivity contribution is 0.627. The Labute approximate surface area is 126 Å². The Morgan fingerprint density at radius 2 is 1.45 bits per heavy atom. The summed E-state index contributed by atoms with van der Waals surface area (Å²) in [4.78, 5) is 12.9. The summed E-state index contributed by atoms with van der Waals surface area (Å²) >= 11 is 0. The fourth-order valence-electron chi connectivity index (χ4n) is 2.86. The molecule has 2 N–H and O–H groups in total. The lowest BCUT2D eigenvalue weighted by Gasteiger charge is -2.09. The molecule has 4 aromatic rings. The van der Waals surface area contributed by atoms with Gasteiger partial charge in [-0.3, -0.25) is 4.79 Å². The predicted molar refractivity (Wildman–Crippen MR) is 89.8 cm³/mol. The Kier molecular flexibility index (Phi) is 2.73. The van der Waals surface area contributed by atoms with Gasteiger partial charge in [-0.2, -0.15) is 0 Å². The first-order valence-electron chi connectivity index (χ1n) is 7.05. The van der Waals surface area contributed by atoms with Gasteiger partial charge in [0.15, 0.2) is 0 Å². The average molecular weight is 287 g/mol. The Balaban J connectivity index is 2.15. The van der Waals surface area contributed by atoms with Gasteiger partial charge in [0.25, 0.3) is 0 Å². The highest BCUT2D eigenvalue weighted by molar-refractivity contribution is 6.00. The summed E-state index contributed by atoms with van der Waals surface area (Å²) in [5.74, 6) is 0.153. The Bertz CT molecular complexity index is 1060. The average Bonchev–Trinajstić information content (AvgIpc) is 2.55. The summed E-state index contributed by atoms with van der Waals surface area (Å²) in [5.41, 5.74) is 7.68. The maximum Gasteiger partial charge on any atom is 0.202 e. The number of rotatable bonds is 1. The highest BCUT2D eigenvalue weighted by Gasteiger charge is 2.15. The third-order valence-corrected chi connectivity index (χ3v) is 3.88. The summed E-state index contributed by atoms with van der Waals surface area (Å²) < 4.78 is 5.65. The predicted octanol–water partition coefficient (Wildman–Crippen LogP) is 4.20. The van der Waals surface area contributed by atoms with Gasteiger partial charge >= 0.3 is 0 Å². The van der Waals surface area contributed by atoms with Crippen molar-refractivity contribution in [1.29, 1.82) is 0 Å². The molecule has 3 heteroatoms. The van der Waals surface area contributed by atoms with Gasteiger partial charge in [0.2, 0.25) is 11.3 Å². The van der Waals surface area contributed by atoms with Gasteiger partial charge in [-0.05, 0) is 28.5 Å². The quantitative estimate of drug-likeness (QED) is 0.571. The minimum Gasteiger partial charge on any atom is -0.440 e. The highest BCUT2D eigenvalue weighted by Crippen LogP contribution is 2.31. The largest absolute Gasteiger partial charge is 0.440 e. The molecule has 0 atom stereocenters. The topological polar surface area (TPSA) is 56.2 Å². The molecule has 0 radical (unpaired) electrons. The van der Waals surface area contributed by atoms with Crippen molar-refractivity contribution in [2.45, 2.75) is 0 Å². The zero-order valence-electron chi connectivity index (χ0n) is 11.7. The summed E-state index contributed by atoms with van der Waals surface area (Å²) in [6.45, 7) is 0. The van der Waals surface area contributed by atoms with Crippen LogP contribution in [-0.2, 0) is 0 Å². The molecule has 0 aliphatic carbocycles. The maximum absolute atomic E-state index is 12.9. The van der Waals surface area contributed by atoms with Crippen LogP contribution < -0.4 is 11.2 Å². The molecular weight excluding hydrogens is 274 g/mol. The van der Waals surface area contributed by atoms with Crippen molar-refractivity contribution in [3.8, 4) is 11.1 Å². The first-order chi connectivity index (χ1) is 10.8. The van der Waals surface area contributed by atoms with Crippen LogP contribution in [0.4, 0.5) is 5.88 Å². The lowest BCUT2D eigenvalue weighted by atomic mass is 9.98. The van der Waals surface area contributed by atoms with Crippen LogP contribution in [0, 0.1) is 0 Å². The van der Waals surface area contributed by atoms with Gasteiger partial charge < -0.3 is 10.2 Å². The fraction of sp³-hybridized carbons (Fsp3) is 0. The smallest absolute Gasteiger partial charge is 0.202 e. The first kappa shape index (κ1) is 12.7. The molecule has 0 spiro atoms. The minimum absolute atomic E-state index is 0.101. The SMILES string of the molecule is Nc1oc2ccccc2c(=O)c1-c1cccc2ccccc12. The van der Waals surface area contributed by atoms with Crippen LogP contribution in [-0.4, -0.2) is 0 Å². The lowest BCUT2D eigenvalue weighted by Crippen LogP contribution is -2.08. The molecular formula is C19H13NO2. The van der Waals surface area contributed by atoms with Gasteiger partial charge in [0, 0.05) is 0 Å². The molecule has 0 amide bonds. The van der Waals surface area contributed by atoms with Crippen molar-refractivity contribution in [1.82, 2.24) is 0 Å². The fourth-order valence-corrected chi connectivity index (χ4v) is 2.86. The van der Waals surface area contributed by atoms with Crippen molar-refractivity contribution in [3.63, 3.8) is 0 Å². The standard InChI is InChI=1S/C19H13NO2/c20-19-17(18(21)15-9-3-4-11-16(15)22-19)14-10-5-7-12-6-1-2-8-13(12)14/h1-11H,20H2. The van der Waals surface area contributed by atoms with Gasteiger partial charge in [-0.1, -0.05) is 54.6 Å². The maximum atomic E-state index is 12.9. The van der Waals surface area contributed by atoms with E-state index < -0.39 is 0 Å². The van der Waals surface area contributed by atoms with Gasteiger partial charge in [0.1, 0.15) is 5.58 Å². The van der Waals surface area contributed by atoms with Gasteiger partial charge in [-0.25, -0.2) is 0 Å². The normalized spacial score (nSPS) is 11.1. The number of para-hydroxylation sites is 1. The van der Waals surface area contributed by atoms with E-state index in [1.165, 1.54) is 0 Å². The van der Waals surface area contributed by atoms with E-state index in [-0.39, 0.29) is 11.3 Å². The van der Waals surface area contributed by atoms with Crippen LogP contribution in [0.2, 0.25) is 0 Å². The van der Waals surface area contributed by atoms with Gasteiger partial charge in [0.05, 0.1) is 10.9 Å². The van der Waals surface area contributed by atoms with E-state index in [2.05, 4.69) is 0 Å². The molecule has 1 aromatic heterocycles. The van der Waals surface area contributed by atoms with E-state index in [4.69, 9.17) is 10.2 Å². The van der Waals surface area contributed by atoms with E-state index >= 15 is 0 Å². The van der Waals surface area contributed by atoms with Crippen LogP contribution in [0.25, 0.3) is 32.9 Å². The summed E-state index contributed by atoms with van der Waals surface area (Å²) in [6.07, 6.45) is 0. The molecule has 0 aliphatic heterocycles. The van der Waals surface area contributed by atoms with Gasteiger partial charge in [-0.15, -0.1) is 0 Å². The van der Waals surface area contributed by atoms with Crippen LogP contribution in [0.1, 0.15) is 0 Å². The molecule has 1 heterocycles. The van der Waals surface area contributed by atoms with Crippen molar-refractivity contribution < 1.29 is 4.42 Å². The third kappa shape index (κ3) is 1.79. The summed E-state index contributed by atoms with van der Waals surface area (Å²) in [5, 5.41) is 2.59. The first-order valence-corrected chi connectivity index (χ1v) is 7.05. The molecule has 0 fully saturated rings. The highest BCUT2D eigenvalue weighted by atomic mass is 16.3. The minimum atomic E-state index is -0.101. The Morgan fingerprint density at radius 3 is 2.32 bits per heavy atom. The van der Waals surface area contributed by atoms with Crippen molar-refractivity contribution >= 4 is 27.6 Å². The number of nitrogen functional groups attached to an aromatic ring is 1. The molecule has 106 valence electrons.